The molecule has 7 nitrogen and oxygen atoms in total. The lowest BCUT2D eigenvalue weighted by molar-refractivity contribution is -0.122. The Hall–Kier alpha value is -5.24. The molecule has 1 unspecified atom stereocenters. The largest absolute Gasteiger partial charge is 0.343 e. The van der Waals surface area contributed by atoms with E-state index >= 15 is 0 Å². The van der Waals surface area contributed by atoms with Gasteiger partial charge in [-0.2, -0.15) is 0 Å². The van der Waals surface area contributed by atoms with Gasteiger partial charge in [0.15, 0.2) is 0 Å². The highest BCUT2D eigenvalue weighted by molar-refractivity contribution is 6.04. The van der Waals surface area contributed by atoms with E-state index in [1.807, 2.05) is 79.8 Å². The molecule has 5 aromatic rings. The van der Waals surface area contributed by atoms with Crippen LogP contribution in [0.5, 0.6) is 0 Å². The monoisotopic (exact) mass is 532 g/mol. The van der Waals surface area contributed by atoms with Crippen molar-refractivity contribution in [2.24, 2.45) is 7.05 Å². The number of amides is 3. The summed E-state index contributed by atoms with van der Waals surface area (Å²) in [5, 5.41) is 0.980. The van der Waals surface area contributed by atoms with Crippen LogP contribution in [0.1, 0.15) is 37.9 Å². The summed E-state index contributed by atoms with van der Waals surface area (Å²) >= 11 is 0. The molecule has 0 spiro atoms. The van der Waals surface area contributed by atoms with Crippen LogP contribution in [0, 0.1) is 5.82 Å². The number of fused-ring (bicyclic) bond motifs is 2. The number of halogens is 1. The van der Waals surface area contributed by atoms with Crippen LogP contribution < -0.4 is 10.9 Å². The number of aryl methyl sites for hydroxylation is 1. The fourth-order valence-corrected chi connectivity index (χ4v) is 5.48. The second-order valence-corrected chi connectivity index (χ2v) is 9.64. The number of hydrogen-bond donors (Lipinski definition) is 2. The number of hydrogen-bond acceptors (Lipinski definition) is 3. The fraction of sp³-hybridized carbons (Fsp3) is 0.0938. The molecule has 2 N–H and O–H groups in total. The molecule has 0 bridgehead atoms. The van der Waals surface area contributed by atoms with Gasteiger partial charge in [0.2, 0.25) is 0 Å². The number of rotatable bonds is 5. The number of nitrogens with zero attached hydrogens (tertiary/aromatic N) is 2. The van der Waals surface area contributed by atoms with Crippen LogP contribution in [0.3, 0.4) is 0 Å². The fourth-order valence-electron chi connectivity index (χ4n) is 5.48. The molecular formula is C32H25FN4O3. The number of aromatic nitrogens is 1. The van der Waals surface area contributed by atoms with E-state index in [4.69, 9.17) is 0 Å². The van der Waals surface area contributed by atoms with E-state index in [0.29, 0.717) is 5.56 Å². The summed E-state index contributed by atoms with van der Waals surface area (Å²) in [6.07, 6.45) is 0. The molecule has 1 aromatic heterocycles. The van der Waals surface area contributed by atoms with Crippen molar-refractivity contribution in [3.63, 3.8) is 0 Å². The standard InChI is InChI=1S/C32H25FN4O3/c1-36-26-14-8-7-13-25(26)28(29(36)20-9-3-2-4-10-20)30-23-11-5-6-12-24(23)32(40)37(30)19-27(38)34-35-31(39)21-15-17-22(33)18-16-21/h2-18,30H,19H2,1H3,(H,34,38)(H,35,39). The van der Waals surface area contributed by atoms with E-state index in [1.165, 1.54) is 17.0 Å². The summed E-state index contributed by atoms with van der Waals surface area (Å²) in [4.78, 5) is 40.8. The molecule has 0 aliphatic carbocycles. The highest BCUT2D eigenvalue weighted by atomic mass is 19.1. The Kier molecular flexibility index (Phi) is 6.36. The third-order valence-corrected chi connectivity index (χ3v) is 7.26. The van der Waals surface area contributed by atoms with Crippen molar-refractivity contribution < 1.29 is 18.8 Å². The molecule has 4 aromatic carbocycles. The lowest BCUT2D eigenvalue weighted by Crippen LogP contribution is -2.47. The van der Waals surface area contributed by atoms with Gasteiger partial charge >= 0.3 is 0 Å². The van der Waals surface area contributed by atoms with Crippen LogP contribution in [0.25, 0.3) is 22.2 Å². The zero-order chi connectivity index (χ0) is 27.8. The number of benzene rings is 4. The van der Waals surface area contributed by atoms with Crippen LogP contribution in [0.2, 0.25) is 0 Å². The highest BCUT2D eigenvalue weighted by Crippen LogP contribution is 2.46. The molecule has 1 atom stereocenters. The van der Waals surface area contributed by atoms with Crippen molar-refractivity contribution in [2.75, 3.05) is 6.54 Å². The Morgan fingerprint density at radius 3 is 2.27 bits per heavy atom. The predicted molar refractivity (Wildman–Crippen MR) is 150 cm³/mol. The van der Waals surface area contributed by atoms with Crippen LogP contribution in [-0.2, 0) is 11.8 Å². The molecule has 2 heterocycles. The number of carbonyl (C=O) groups is 3. The molecule has 0 saturated carbocycles. The third kappa shape index (κ3) is 4.29. The first-order chi connectivity index (χ1) is 19.4. The summed E-state index contributed by atoms with van der Waals surface area (Å²) in [5.41, 5.74) is 10.1. The maximum atomic E-state index is 13.7. The van der Waals surface area contributed by atoms with Crippen LogP contribution in [-0.4, -0.2) is 33.7 Å². The van der Waals surface area contributed by atoms with E-state index in [-0.39, 0.29) is 18.0 Å². The van der Waals surface area contributed by atoms with Gasteiger partial charge in [0.1, 0.15) is 12.4 Å². The number of hydrazine groups is 1. The van der Waals surface area contributed by atoms with Crippen molar-refractivity contribution in [2.45, 2.75) is 6.04 Å². The molecule has 8 heteroatoms. The molecular weight excluding hydrogens is 507 g/mol. The summed E-state index contributed by atoms with van der Waals surface area (Å²) < 4.78 is 15.3. The van der Waals surface area contributed by atoms with Crippen molar-refractivity contribution in [3.8, 4) is 11.3 Å². The molecule has 0 saturated heterocycles. The minimum atomic E-state index is -0.596. The third-order valence-electron chi connectivity index (χ3n) is 7.26. The molecule has 6 rings (SSSR count). The number of nitrogens with one attached hydrogen (secondary N) is 2. The lowest BCUT2D eigenvalue weighted by atomic mass is 9.93. The number of carbonyl (C=O) groups excluding carboxylic acids is 3. The van der Waals surface area contributed by atoms with Crippen molar-refractivity contribution in [1.82, 2.24) is 20.3 Å². The molecule has 3 amide bonds. The van der Waals surface area contributed by atoms with E-state index in [0.717, 1.165) is 45.4 Å². The van der Waals surface area contributed by atoms with Gasteiger partial charge in [-0.25, -0.2) is 4.39 Å². The van der Waals surface area contributed by atoms with Gasteiger partial charge < -0.3 is 9.47 Å². The molecule has 0 radical (unpaired) electrons. The van der Waals surface area contributed by atoms with E-state index in [2.05, 4.69) is 15.4 Å². The van der Waals surface area contributed by atoms with Gasteiger partial charge in [0.25, 0.3) is 17.7 Å². The minimum absolute atomic E-state index is 0.187. The second-order valence-electron chi connectivity index (χ2n) is 9.64. The van der Waals surface area contributed by atoms with Gasteiger partial charge in [-0.3, -0.25) is 25.2 Å². The first-order valence-corrected chi connectivity index (χ1v) is 12.8. The maximum Gasteiger partial charge on any atom is 0.269 e. The Labute approximate surface area is 229 Å². The quantitative estimate of drug-likeness (QED) is 0.313. The van der Waals surface area contributed by atoms with Gasteiger partial charge in [0, 0.05) is 34.6 Å². The Morgan fingerprint density at radius 2 is 1.50 bits per heavy atom. The molecule has 1 aliphatic rings. The Bertz CT molecular complexity index is 1760. The molecule has 0 fully saturated rings. The minimum Gasteiger partial charge on any atom is -0.343 e. The van der Waals surface area contributed by atoms with E-state index < -0.39 is 23.7 Å². The first-order valence-electron chi connectivity index (χ1n) is 12.8. The summed E-state index contributed by atoms with van der Waals surface area (Å²) in [7, 11) is 2.00. The van der Waals surface area contributed by atoms with Crippen molar-refractivity contribution in [3.05, 3.63) is 131 Å². The number of para-hydroxylation sites is 1. The van der Waals surface area contributed by atoms with Gasteiger partial charge in [-0.15, -0.1) is 0 Å². The van der Waals surface area contributed by atoms with Gasteiger partial charge in [0.05, 0.1) is 11.7 Å². The smallest absolute Gasteiger partial charge is 0.269 e. The van der Waals surface area contributed by atoms with Gasteiger partial charge in [-0.1, -0.05) is 66.7 Å². The Morgan fingerprint density at radius 1 is 0.825 bits per heavy atom. The summed E-state index contributed by atoms with van der Waals surface area (Å²) in [6.45, 7) is -0.292. The topological polar surface area (TPSA) is 83.4 Å². The van der Waals surface area contributed by atoms with Crippen molar-refractivity contribution >= 4 is 28.6 Å². The summed E-state index contributed by atoms with van der Waals surface area (Å²) in [6, 6.07) is 29.8. The zero-order valence-electron chi connectivity index (χ0n) is 21.6. The SMILES string of the molecule is Cn1c(-c2ccccc2)c(C2c3ccccc3C(=O)N2CC(=O)NNC(=O)c2ccc(F)cc2)c2ccccc21. The predicted octanol–water partition coefficient (Wildman–Crippen LogP) is 4.99. The second kappa shape index (κ2) is 10.1. The van der Waals surface area contributed by atoms with E-state index in [1.54, 1.807) is 6.07 Å². The van der Waals surface area contributed by atoms with Gasteiger partial charge in [-0.05, 0) is 47.5 Å². The summed E-state index contributed by atoms with van der Waals surface area (Å²) in [5.74, 6) is -1.90. The molecule has 40 heavy (non-hydrogen) atoms. The van der Waals surface area contributed by atoms with Crippen molar-refractivity contribution in [1.29, 1.82) is 0 Å². The van der Waals surface area contributed by atoms with Crippen LogP contribution >= 0.6 is 0 Å². The first kappa shape index (κ1) is 25.1. The molecule has 1 aliphatic heterocycles. The van der Waals surface area contributed by atoms with E-state index in [9.17, 15) is 18.8 Å². The normalized spacial score (nSPS) is 14.3. The average molecular weight is 533 g/mol. The zero-order valence-corrected chi connectivity index (χ0v) is 21.6. The lowest BCUT2D eigenvalue weighted by Gasteiger charge is -2.26. The Balaban J connectivity index is 1.38. The van der Waals surface area contributed by atoms with Crippen LogP contribution in [0.15, 0.2) is 103 Å². The average Bonchev–Trinajstić information content (AvgIpc) is 3.42. The maximum absolute atomic E-state index is 13.7. The molecule has 198 valence electrons. The van der Waals surface area contributed by atoms with Crippen LogP contribution in [0.4, 0.5) is 4.39 Å². The highest BCUT2D eigenvalue weighted by Gasteiger charge is 2.41.